The number of hydrogen-bond donors (Lipinski definition) is 1. The molecule has 2 fully saturated rings. The van der Waals surface area contributed by atoms with Gasteiger partial charge in [0.15, 0.2) is 0 Å². The van der Waals surface area contributed by atoms with Crippen molar-refractivity contribution in [1.29, 1.82) is 0 Å². The molecule has 1 saturated heterocycles. The number of nitrogens with one attached hydrogen (secondary N) is 1. The summed E-state index contributed by atoms with van der Waals surface area (Å²) in [6, 6.07) is 4.34. The molecule has 4 rings (SSSR count). The van der Waals surface area contributed by atoms with Crippen LogP contribution in [0.1, 0.15) is 37.8 Å². The molecule has 128 valence electrons. The summed E-state index contributed by atoms with van der Waals surface area (Å²) in [6.45, 7) is 3.66. The molecule has 1 spiro atoms. The first-order chi connectivity index (χ1) is 11.7. The van der Waals surface area contributed by atoms with E-state index in [1.54, 1.807) is 6.20 Å². The molecule has 6 heteroatoms. The molecule has 3 aliphatic rings. The topological polar surface area (TPSA) is 65.5 Å². The first kappa shape index (κ1) is 15.6. The monoisotopic (exact) mass is 328 g/mol. The van der Waals surface area contributed by atoms with E-state index < -0.39 is 5.41 Å². The van der Waals surface area contributed by atoms with Gasteiger partial charge in [-0.05, 0) is 44.2 Å². The number of aromatic nitrogens is 1. The normalized spacial score (nSPS) is 30.8. The molecule has 1 aromatic rings. The molecule has 1 aromatic heterocycles. The number of hydrogen-bond acceptors (Lipinski definition) is 4. The highest BCUT2D eigenvalue weighted by molar-refractivity contribution is 6.05. The number of carbonyl (C=O) groups is 2. The Labute approximate surface area is 142 Å². The van der Waals surface area contributed by atoms with Crippen LogP contribution in [0.25, 0.3) is 0 Å². The second kappa shape index (κ2) is 6.16. The number of amides is 2. The first-order valence-corrected chi connectivity index (χ1v) is 8.93. The molecule has 0 radical (unpaired) electrons. The van der Waals surface area contributed by atoms with Gasteiger partial charge in [-0.25, -0.2) is 0 Å². The molecule has 2 aliphatic heterocycles. The lowest BCUT2D eigenvalue weighted by Gasteiger charge is -2.40. The van der Waals surface area contributed by atoms with Gasteiger partial charge in [-0.2, -0.15) is 0 Å². The van der Waals surface area contributed by atoms with E-state index in [1.807, 2.05) is 17.0 Å². The number of pyridine rings is 1. The number of carbonyl (C=O) groups excluding carboxylic acids is 2. The summed E-state index contributed by atoms with van der Waals surface area (Å²) in [7, 11) is 0. The fourth-order valence-corrected chi connectivity index (χ4v) is 4.59. The van der Waals surface area contributed by atoms with Crippen LogP contribution in [-0.2, 0) is 15.0 Å². The maximum Gasteiger partial charge on any atom is 0.236 e. The molecule has 24 heavy (non-hydrogen) atoms. The minimum Gasteiger partial charge on any atom is -0.344 e. The van der Waals surface area contributed by atoms with Gasteiger partial charge in [-0.1, -0.05) is 0 Å². The van der Waals surface area contributed by atoms with Crippen molar-refractivity contribution in [2.45, 2.75) is 43.6 Å². The lowest BCUT2D eigenvalue weighted by Crippen LogP contribution is -2.46. The van der Waals surface area contributed by atoms with Crippen molar-refractivity contribution in [2.24, 2.45) is 0 Å². The molecule has 0 aromatic carbocycles. The van der Waals surface area contributed by atoms with Crippen LogP contribution in [0.4, 0.5) is 5.69 Å². The maximum absolute atomic E-state index is 12.6. The van der Waals surface area contributed by atoms with Crippen molar-refractivity contribution >= 4 is 18.0 Å². The van der Waals surface area contributed by atoms with Gasteiger partial charge in [0, 0.05) is 38.4 Å². The molecule has 0 atom stereocenters. The van der Waals surface area contributed by atoms with E-state index in [1.165, 1.54) is 0 Å². The zero-order valence-corrected chi connectivity index (χ0v) is 13.9. The predicted molar refractivity (Wildman–Crippen MR) is 90.6 cm³/mol. The van der Waals surface area contributed by atoms with E-state index in [0.717, 1.165) is 76.1 Å². The smallest absolute Gasteiger partial charge is 0.236 e. The average Bonchev–Trinajstić information content (AvgIpc) is 2.79. The molecule has 1 saturated carbocycles. The van der Waals surface area contributed by atoms with Crippen LogP contribution in [0.15, 0.2) is 18.3 Å². The summed E-state index contributed by atoms with van der Waals surface area (Å²) in [5.41, 5.74) is 1.40. The molecular formula is C18H24N4O2. The molecule has 3 heterocycles. The van der Waals surface area contributed by atoms with Gasteiger partial charge in [0.25, 0.3) is 0 Å². The van der Waals surface area contributed by atoms with Crippen molar-refractivity contribution < 1.29 is 9.59 Å². The van der Waals surface area contributed by atoms with Crippen molar-refractivity contribution in [1.82, 2.24) is 14.8 Å². The second-order valence-electron chi connectivity index (χ2n) is 7.20. The highest BCUT2D eigenvalue weighted by Crippen LogP contribution is 2.46. The summed E-state index contributed by atoms with van der Waals surface area (Å²) in [5.74, 6) is 0.123. The van der Waals surface area contributed by atoms with Crippen molar-refractivity contribution in [2.75, 3.05) is 31.5 Å². The summed E-state index contributed by atoms with van der Waals surface area (Å²) in [4.78, 5) is 32.5. The Morgan fingerprint density at radius 2 is 2.04 bits per heavy atom. The van der Waals surface area contributed by atoms with Crippen LogP contribution < -0.4 is 5.32 Å². The number of anilines is 1. The average molecular weight is 328 g/mol. The van der Waals surface area contributed by atoms with E-state index in [-0.39, 0.29) is 5.91 Å². The van der Waals surface area contributed by atoms with E-state index in [9.17, 15) is 9.59 Å². The van der Waals surface area contributed by atoms with Crippen molar-refractivity contribution in [3.63, 3.8) is 0 Å². The van der Waals surface area contributed by atoms with Crippen LogP contribution in [0, 0.1) is 0 Å². The second-order valence-corrected chi connectivity index (χ2v) is 7.20. The Morgan fingerprint density at radius 3 is 2.83 bits per heavy atom. The third-order valence-corrected chi connectivity index (χ3v) is 5.98. The summed E-state index contributed by atoms with van der Waals surface area (Å²) < 4.78 is 0. The summed E-state index contributed by atoms with van der Waals surface area (Å²) >= 11 is 0. The Hall–Kier alpha value is -1.95. The van der Waals surface area contributed by atoms with Crippen LogP contribution in [0.2, 0.25) is 0 Å². The molecule has 1 aliphatic carbocycles. The van der Waals surface area contributed by atoms with E-state index in [2.05, 4.69) is 15.2 Å². The zero-order chi connectivity index (χ0) is 16.6. The quantitative estimate of drug-likeness (QED) is 0.833. The first-order valence-electron chi connectivity index (χ1n) is 8.93. The van der Waals surface area contributed by atoms with Crippen LogP contribution in [0.5, 0.6) is 0 Å². The number of nitrogens with zero attached hydrogens (tertiary/aromatic N) is 3. The molecule has 1 N–H and O–H groups in total. The van der Waals surface area contributed by atoms with Crippen molar-refractivity contribution in [3.05, 3.63) is 24.0 Å². The standard InChI is InChI=1S/C18H24N4O2/c23-13-21-9-2-10-22(12-11-21)14-4-6-18(7-5-14)16-15(20-17(18)24)3-1-8-19-16/h1,3,8,13-14H,2,4-7,9-12H2,(H,20,24). The van der Waals surface area contributed by atoms with Gasteiger partial charge in [-0.15, -0.1) is 0 Å². The van der Waals surface area contributed by atoms with E-state index in [4.69, 9.17) is 0 Å². The Balaban J connectivity index is 1.45. The maximum atomic E-state index is 12.6. The molecular weight excluding hydrogens is 304 g/mol. The van der Waals surface area contributed by atoms with Gasteiger partial charge in [0.2, 0.25) is 12.3 Å². The molecule has 2 amide bonds. The van der Waals surface area contributed by atoms with Gasteiger partial charge >= 0.3 is 0 Å². The lowest BCUT2D eigenvalue weighted by atomic mass is 9.70. The predicted octanol–water partition coefficient (Wildman–Crippen LogP) is 1.38. The van der Waals surface area contributed by atoms with Crippen LogP contribution in [0.3, 0.4) is 0 Å². The molecule has 0 unspecified atom stereocenters. The van der Waals surface area contributed by atoms with Gasteiger partial charge < -0.3 is 10.2 Å². The molecule has 0 bridgehead atoms. The number of fused-ring (bicyclic) bond motifs is 2. The van der Waals surface area contributed by atoms with Crippen LogP contribution >= 0.6 is 0 Å². The van der Waals surface area contributed by atoms with E-state index >= 15 is 0 Å². The third-order valence-electron chi connectivity index (χ3n) is 5.98. The SMILES string of the molecule is O=CN1CCCN(C2CCC3(CC2)C(=O)Nc2cccnc23)CC1. The minimum absolute atomic E-state index is 0.123. The number of rotatable bonds is 2. The van der Waals surface area contributed by atoms with Gasteiger partial charge in [0.1, 0.15) is 0 Å². The van der Waals surface area contributed by atoms with Gasteiger partial charge in [0.05, 0.1) is 16.8 Å². The van der Waals surface area contributed by atoms with Gasteiger partial charge in [-0.3, -0.25) is 19.5 Å². The summed E-state index contributed by atoms with van der Waals surface area (Å²) in [6.07, 6.45) is 7.55. The minimum atomic E-state index is -0.423. The van der Waals surface area contributed by atoms with Crippen molar-refractivity contribution in [3.8, 4) is 0 Å². The van der Waals surface area contributed by atoms with E-state index in [0.29, 0.717) is 6.04 Å². The summed E-state index contributed by atoms with van der Waals surface area (Å²) in [5, 5.41) is 3.02. The zero-order valence-electron chi connectivity index (χ0n) is 13.9. The van der Waals surface area contributed by atoms with Crippen LogP contribution in [-0.4, -0.2) is 59.3 Å². The highest BCUT2D eigenvalue weighted by atomic mass is 16.2. The Kier molecular flexibility index (Phi) is 4.00. The third kappa shape index (κ3) is 2.49. The lowest BCUT2D eigenvalue weighted by molar-refractivity contribution is -0.122. The highest BCUT2D eigenvalue weighted by Gasteiger charge is 2.50. The fraction of sp³-hybridized carbons (Fsp3) is 0.611. The fourth-order valence-electron chi connectivity index (χ4n) is 4.59. The Bertz CT molecular complexity index is 640. The largest absolute Gasteiger partial charge is 0.344 e. The Morgan fingerprint density at radius 1 is 1.21 bits per heavy atom. The molecule has 6 nitrogen and oxygen atoms in total.